The van der Waals surface area contributed by atoms with E-state index in [1.165, 1.54) is 5.48 Å². The summed E-state index contributed by atoms with van der Waals surface area (Å²) < 4.78 is 12.1. The van der Waals surface area contributed by atoms with Crippen LogP contribution in [0, 0.1) is 11.8 Å². The van der Waals surface area contributed by atoms with Crippen molar-refractivity contribution in [3.63, 3.8) is 0 Å². The van der Waals surface area contributed by atoms with E-state index in [2.05, 4.69) is 22.5 Å². The van der Waals surface area contributed by atoms with Crippen LogP contribution in [0.3, 0.4) is 0 Å². The van der Waals surface area contributed by atoms with Crippen molar-refractivity contribution >= 4 is 11.8 Å². The van der Waals surface area contributed by atoms with E-state index in [0.717, 1.165) is 11.1 Å². The van der Waals surface area contributed by atoms with Gasteiger partial charge in [0.2, 0.25) is 0 Å². The van der Waals surface area contributed by atoms with Crippen LogP contribution in [-0.2, 0) is 11.3 Å². The first-order valence-corrected chi connectivity index (χ1v) is 9.76. The van der Waals surface area contributed by atoms with Crippen molar-refractivity contribution in [2.24, 2.45) is 5.73 Å². The molecule has 0 spiro atoms. The number of benzene rings is 2. The molecule has 0 bridgehead atoms. The Morgan fingerprint density at radius 1 is 1.06 bits per heavy atom. The first-order valence-electron chi connectivity index (χ1n) is 9.76. The number of amides is 2. The van der Waals surface area contributed by atoms with Gasteiger partial charge < -0.3 is 16.4 Å². The van der Waals surface area contributed by atoms with Gasteiger partial charge in [0.1, 0.15) is 12.7 Å². The molecule has 0 aliphatic carbocycles. The summed E-state index contributed by atoms with van der Waals surface area (Å²) in [6.45, 7) is 3.67. The lowest BCUT2D eigenvalue weighted by Crippen LogP contribution is -2.61. The summed E-state index contributed by atoms with van der Waals surface area (Å²) in [6.07, 6.45) is 0. The number of hydroxylamine groups is 1. The van der Waals surface area contributed by atoms with Crippen LogP contribution in [0.4, 0.5) is 4.39 Å². The van der Waals surface area contributed by atoms with Gasteiger partial charge in [0.05, 0.1) is 0 Å². The number of hydrogen-bond acceptors (Lipinski definition) is 5. The average molecular weight is 426 g/mol. The van der Waals surface area contributed by atoms with Crippen molar-refractivity contribution in [3.8, 4) is 11.8 Å². The molecule has 0 heterocycles. The zero-order valence-electron chi connectivity index (χ0n) is 17.5. The maximum atomic E-state index is 12.4. The molecule has 0 aliphatic heterocycles. The van der Waals surface area contributed by atoms with Crippen molar-refractivity contribution in [1.29, 1.82) is 0 Å². The summed E-state index contributed by atoms with van der Waals surface area (Å²) in [5, 5.41) is 14.4. The molecule has 0 unspecified atom stereocenters. The molecule has 2 aromatic rings. The Balaban J connectivity index is 2.02. The van der Waals surface area contributed by atoms with Crippen LogP contribution in [0.2, 0.25) is 0 Å². The third kappa shape index (κ3) is 7.50. The molecule has 0 aromatic heterocycles. The fraction of sp³-hybridized carbons (Fsp3) is 0.304. The van der Waals surface area contributed by atoms with E-state index in [4.69, 9.17) is 10.9 Å². The summed E-state index contributed by atoms with van der Waals surface area (Å²) in [7, 11) is 0. The maximum absolute atomic E-state index is 12.4. The zero-order valence-corrected chi connectivity index (χ0v) is 17.5. The second-order valence-electron chi connectivity index (χ2n) is 7.59. The Morgan fingerprint density at radius 3 is 2.10 bits per heavy atom. The van der Waals surface area contributed by atoms with Gasteiger partial charge in [-0.1, -0.05) is 24.0 Å². The number of nitrogens with one attached hydrogen (secondary N) is 3. The van der Waals surface area contributed by atoms with Gasteiger partial charge in [-0.15, -0.1) is 0 Å². The molecular weight excluding hydrogens is 399 g/mol. The summed E-state index contributed by atoms with van der Waals surface area (Å²) in [6, 6.07) is 13.1. The Bertz CT molecular complexity index is 942. The summed E-state index contributed by atoms with van der Waals surface area (Å²) in [4.78, 5) is 24.2. The lowest BCUT2D eigenvalue weighted by Gasteiger charge is -2.29. The van der Waals surface area contributed by atoms with Crippen molar-refractivity contribution < 1.29 is 19.2 Å². The quantitative estimate of drug-likeness (QED) is 0.190. The molecule has 2 rings (SSSR count). The number of halogens is 1. The van der Waals surface area contributed by atoms with E-state index in [-0.39, 0.29) is 0 Å². The first kappa shape index (κ1) is 24.0. The highest BCUT2D eigenvalue weighted by Crippen LogP contribution is 2.09. The Morgan fingerprint density at radius 2 is 1.61 bits per heavy atom. The number of carbonyl (C=O) groups excluding carboxylic acids is 2. The average Bonchev–Trinajstić information content (AvgIpc) is 2.76. The van der Waals surface area contributed by atoms with Gasteiger partial charge in [-0.2, -0.15) is 0 Å². The molecule has 1 atom stereocenters. The van der Waals surface area contributed by atoms with Crippen molar-refractivity contribution in [2.75, 3.05) is 13.2 Å². The number of nitrogens with two attached hydrogens (primary N) is 1. The second kappa shape index (κ2) is 11.2. The van der Waals surface area contributed by atoms with Crippen LogP contribution in [-0.4, -0.2) is 41.8 Å². The fourth-order valence-corrected chi connectivity index (χ4v) is 2.72. The van der Waals surface area contributed by atoms with Crippen LogP contribution in [0.5, 0.6) is 0 Å². The monoisotopic (exact) mass is 426 g/mol. The SMILES string of the molecule is CC(C)(N)[C@H](NC(=O)c1ccc(C#Cc2ccc(CNCCF)cc2)cc1)C(=O)NO. The number of rotatable bonds is 8. The third-order valence-electron chi connectivity index (χ3n) is 4.44. The van der Waals surface area contributed by atoms with Gasteiger partial charge in [-0.3, -0.25) is 14.8 Å². The van der Waals surface area contributed by atoms with E-state index >= 15 is 0 Å². The predicted octanol–water partition coefficient (Wildman–Crippen LogP) is 1.49. The highest BCUT2D eigenvalue weighted by molar-refractivity contribution is 5.97. The summed E-state index contributed by atoms with van der Waals surface area (Å²) >= 11 is 0. The lowest BCUT2D eigenvalue weighted by molar-refractivity contribution is -0.132. The van der Waals surface area contributed by atoms with Crippen LogP contribution in [0.25, 0.3) is 0 Å². The largest absolute Gasteiger partial charge is 0.338 e. The summed E-state index contributed by atoms with van der Waals surface area (Å²) in [5.74, 6) is 4.78. The summed E-state index contributed by atoms with van der Waals surface area (Å²) in [5.41, 5.74) is 9.28. The minimum Gasteiger partial charge on any atom is -0.338 e. The maximum Gasteiger partial charge on any atom is 0.267 e. The van der Waals surface area contributed by atoms with Crippen molar-refractivity contribution in [1.82, 2.24) is 16.1 Å². The molecule has 2 amide bonds. The lowest BCUT2D eigenvalue weighted by atomic mass is 9.95. The topological polar surface area (TPSA) is 116 Å². The van der Waals surface area contributed by atoms with E-state index in [1.807, 2.05) is 24.3 Å². The predicted molar refractivity (Wildman–Crippen MR) is 116 cm³/mol. The molecule has 0 fully saturated rings. The second-order valence-corrected chi connectivity index (χ2v) is 7.59. The minimum absolute atomic E-state index is 0.328. The van der Waals surface area contributed by atoms with E-state index < -0.39 is 30.1 Å². The van der Waals surface area contributed by atoms with Gasteiger partial charge >= 0.3 is 0 Å². The smallest absolute Gasteiger partial charge is 0.267 e. The van der Waals surface area contributed by atoms with Gasteiger partial charge in [0.15, 0.2) is 0 Å². The van der Waals surface area contributed by atoms with Crippen molar-refractivity contribution in [2.45, 2.75) is 32.0 Å². The highest BCUT2D eigenvalue weighted by atomic mass is 19.1. The van der Waals surface area contributed by atoms with Gasteiger partial charge in [0.25, 0.3) is 11.8 Å². The standard InChI is InChI=1S/C23H27FN4O3/c1-23(2,25)20(22(30)28-31)27-21(29)19-11-9-17(10-12-19)4-3-16-5-7-18(8-6-16)15-26-14-13-24/h5-12,20,26,31H,13-15,25H2,1-2H3,(H,27,29)(H,28,30)/t20-/m1/s1. The minimum atomic E-state index is -1.11. The zero-order chi connectivity index (χ0) is 22.9. The molecule has 6 N–H and O–H groups in total. The molecule has 0 radical (unpaired) electrons. The number of alkyl halides is 1. The van der Waals surface area contributed by atoms with Gasteiger partial charge in [-0.05, 0) is 55.8 Å². The van der Waals surface area contributed by atoms with Gasteiger partial charge in [0, 0.05) is 35.3 Å². The van der Waals surface area contributed by atoms with E-state index in [9.17, 15) is 14.0 Å². The van der Waals surface area contributed by atoms with Crippen molar-refractivity contribution in [3.05, 3.63) is 70.8 Å². The first-order chi connectivity index (χ1) is 14.7. The fourth-order valence-electron chi connectivity index (χ4n) is 2.72. The number of carbonyl (C=O) groups is 2. The molecule has 8 heteroatoms. The molecular formula is C23H27FN4O3. The molecule has 7 nitrogen and oxygen atoms in total. The molecule has 0 saturated heterocycles. The third-order valence-corrected chi connectivity index (χ3v) is 4.44. The van der Waals surface area contributed by atoms with E-state index in [1.54, 1.807) is 38.1 Å². The molecule has 164 valence electrons. The highest BCUT2D eigenvalue weighted by Gasteiger charge is 2.33. The number of hydrogen-bond donors (Lipinski definition) is 5. The molecule has 0 saturated carbocycles. The van der Waals surface area contributed by atoms with Gasteiger partial charge in [-0.25, -0.2) is 9.87 Å². The Hall–Kier alpha value is -3.25. The molecule has 0 aliphatic rings. The van der Waals surface area contributed by atoms with E-state index in [0.29, 0.717) is 24.2 Å². The molecule has 2 aromatic carbocycles. The molecule has 31 heavy (non-hydrogen) atoms. The normalized spacial score (nSPS) is 11.8. The Labute approximate surface area is 181 Å². The van der Waals surface area contributed by atoms with Crippen LogP contribution < -0.4 is 21.8 Å². The van der Waals surface area contributed by atoms with Crippen LogP contribution >= 0.6 is 0 Å². The Kier molecular flexibility index (Phi) is 8.70. The van der Waals surface area contributed by atoms with Crippen LogP contribution in [0.15, 0.2) is 48.5 Å². The van der Waals surface area contributed by atoms with Crippen LogP contribution in [0.1, 0.15) is 40.9 Å².